The van der Waals surface area contributed by atoms with Gasteiger partial charge in [-0.15, -0.1) is 12.4 Å². The Hall–Kier alpha value is -2.06. The average molecular weight is 538 g/mol. The summed E-state index contributed by atoms with van der Waals surface area (Å²) < 4.78 is 35.1. The molecule has 4 rings (SSSR count). The van der Waals surface area contributed by atoms with Crippen LogP contribution in [0.4, 0.5) is 5.69 Å². The third-order valence-electron chi connectivity index (χ3n) is 5.44. The molecule has 0 fully saturated rings. The van der Waals surface area contributed by atoms with E-state index in [0.717, 1.165) is 36.0 Å². The van der Waals surface area contributed by atoms with E-state index in [0.29, 0.717) is 18.0 Å². The number of sulfonamides is 1. The van der Waals surface area contributed by atoms with Crippen LogP contribution in [0.5, 0.6) is 5.75 Å². The Morgan fingerprint density at radius 3 is 2.25 bits per heavy atom. The number of benzene rings is 3. The van der Waals surface area contributed by atoms with Crippen molar-refractivity contribution in [3.8, 4) is 5.75 Å². The molecule has 0 bridgehead atoms. The first-order valence-electron chi connectivity index (χ1n) is 10.2. The molecule has 0 aliphatic carbocycles. The van der Waals surface area contributed by atoms with Crippen molar-refractivity contribution in [2.75, 3.05) is 24.9 Å². The van der Waals surface area contributed by atoms with Gasteiger partial charge in [0.1, 0.15) is 12.4 Å². The van der Waals surface area contributed by atoms with E-state index in [2.05, 4.69) is 32.6 Å². The molecule has 3 aromatic rings. The smallest absolute Gasteiger partial charge is 0.261 e. The zero-order valence-electron chi connectivity index (χ0n) is 17.8. The van der Waals surface area contributed by atoms with Crippen molar-refractivity contribution in [3.63, 3.8) is 0 Å². The summed E-state index contributed by atoms with van der Waals surface area (Å²) in [6.07, 6.45) is 1.86. The number of hydrogen-bond acceptors (Lipinski definition) is 4. The molecule has 1 aliphatic rings. The monoisotopic (exact) mass is 536 g/mol. The SMILES string of the molecule is CN1CCc2cc(Br)c(NS(=O)(=O)c3ccc(OCc4ccccc4)cc3)cc2CC1.Cl. The zero-order chi connectivity index (χ0) is 21.8. The molecule has 3 aromatic carbocycles. The minimum absolute atomic E-state index is 0. The number of likely N-dealkylation sites (N-methyl/N-ethyl adjacent to an activating group) is 1. The highest BCUT2D eigenvalue weighted by atomic mass is 79.9. The van der Waals surface area contributed by atoms with Gasteiger partial charge in [0.2, 0.25) is 0 Å². The Bertz CT molecular complexity index is 1160. The van der Waals surface area contributed by atoms with Gasteiger partial charge in [-0.25, -0.2) is 8.42 Å². The lowest BCUT2D eigenvalue weighted by molar-refractivity contribution is 0.306. The first-order chi connectivity index (χ1) is 14.9. The van der Waals surface area contributed by atoms with Crippen molar-refractivity contribution in [3.05, 3.63) is 87.9 Å². The van der Waals surface area contributed by atoms with Crippen molar-refractivity contribution >= 4 is 44.0 Å². The fourth-order valence-electron chi connectivity index (χ4n) is 3.60. The van der Waals surface area contributed by atoms with Gasteiger partial charge in [0.25, 0.3) is 10.0 Å². The van der Waals surface area contributed by atoms with Gasteiger partial charge < -0.3 is 9.64 Å². The van der Waals surface area contributed by atoms with Gasteiger partial charge in [-0.2, -0.15) is 0 Å². The van der Waals surface area contributed by atoms with E-state index >= 15 is 0 Å². The first kappa shape index (κ1) is 24.6. The molecule has 0 atom stereocenters. The van der Waals surface area contributed by atoms with E-state index in [-0.39, 0.29) is 17.3 Å². The van der Waals surface area contributed by atoms with E-state index < -0.39 is 10.0 Å². The van der Waals surface area contributed by atoms with Crippen LogP contribution in [0.2, 0.25) is 0 Å². The number of nitrogens with one attached hydrogen (secondary N) is 1. The lowest BCUT2D eigenvalue weighted by atomic mass is 10.0. The second-order valence-corrected chi connectivity index (χ2v) is 10.3. The molecule has 0 amide bonds. The Labute approximate surface area is 204 Å². The Balaban J connectivity index is 0.00000289. The van der Waals surface area contributed by atoms with E-state index in [4.69, 9.17) is 4.74 Å². The molecular formula is C24H26BrClN2O3S. The highest BCUT2D eigenvalue weighted by molar-refractivity contribution is 9.10. The van der Waals surface area contributed by atoms with Crippen LogP contribution < -0.4 is 9.46 Å². The molecule has 0 saturated carbocycles. The van der Waals surface area contributed by atoms with Crippen LogP contribution in [-0.4, -0.2) is 33.5 Å². The van der Waals surface area contributed by atoms with Gasteiger partial charge in [0.05, 0.1) is 10.6 Å². The van der Waals surface area contributed by atoms with Gasteiger partial charge >= 0.3 is 0 Å². The molecule has 32 heavy (non-hydrogen) atoms. The number of nitrogens with zero attached hydrogens (tertiary/aromatic N) is 1. The third-order valence-corrected chi connectivity index (χ3v) is 7.48. The summed E-state index contributed by atoms with van der Waals surface area (Å²) in [5.41, 5.74) is 4.07. The maximum Gasteiger partial charge on any atom is 0.261 e. The number of anilines is 1. The van der Waals surface area contributed by atoms with Crippen LogP contribution in [0.1, 0.15) is 16.7 Å². The minimum atomic E-state index is -3.71. The summed E-state index contributed by atoms with van der Waals surface area (Å²) in [5, 5.41) is 0. The number of halogens is 2. The maximum absolute atomic E-state index is 13.0. The third kappa shape index (κ3) is 6.04. The number of fused-ring (bicyclic) bond motifs is 1. The molecule has 170 valence electrons. The molecule has 1 heterocycles. The zero-order valence-corrected chi connectivity index (χ0v) is 21.0. The summed E-state index contributed by atoms with van der Waals surface area (Å²) in [7, 11) is -1.60. The lowest BCUT2D eigenvalue weighted by Gasteiger charge is -2.14. The van der Waals surface area contributed by atoms with Crippen molar-refractivity contribution < 1.29 is 13.2 Å². The molecule has 1 N–H and O–H groups in total. The Morgan fingerprint density at radius 1 is 0.969 bits per heavy atom. The van der Waals surface area contributed by atoms with Crippen LogP contribution >= 0.6 is 28.3 Å². The predicted octanol–water partition coefficient (Wildman–Crippen LogP) is 5.28. The van der Waals surface area contributed by atoms with Gasteiger partial charge in [-0.3, -0.25) is 4.72 Å². The molecule has 8 heteroatoms. The molecule has 0 saturated heterocycles. The molecule has 0 aromatic heterocycles. The molecular weight excluding hydrogens is 512 g/mol. The minimum Gasteiger partial charge on any atom is -0.489 e. The van der Waals surface area contributed by atoms with Crippen molar-refractivity contribution in [1.29, 1.82) is 0 Å². The van der Waals surface area contributed by atoms with Crippen LogP contribution in [0.3, 0.4) is 0 Å². The van der Waals surface area contributed by atoms with Crippen LogP contribution in [-0.2, 0) is 29.5 Å². The second kappa shape index (κ2) is 10.7. The average Bonchev–Trinajstić information content (AvgIpc) is 2.95. The van der Waals surface area contributed by atoms with Crippen LogP contribution in [0, 0.1) is 0 Å². The topological polar surface area (TPSA) is 58.6 Å². The van der Waals surface area contributed by atoms with E-state index in [9.17, 15) is 8.42 Å². The van der Waals surface area contributed by atoms with Gasteiger partial charge in [0.15, 0.2) is 0 Å². The largest absolute Gasteiger partial charge is 0.489 e. The Kier molecular flexibility index (Phi) is 8.22. The quantitative estimate of drug-likeness (QED) is 0.465. The summed E-state index contributed by atoms with van der Waals surface area (Å²) in [6, 6.07) is 20.3. The first-order valence-corrected chi connectivity index (χ1v) is 12.5. The molecule has 0 radical (unpaired) electrons. The Morgan fingerprint density at radius 2 is 1.59 bits per heavy atom. The van der Waals surface area contributed by atoms with Crippen molar-refractivity contribution in [1.82, 2.24) is 4.90 Å². The van der Waals surface area contributed by atoms with Crippen LogP contribution in [0.15, 0.2) is 76.1 Å². The molecule has 1 aliphatic heterocycles. The van der Waals surface area contributed by atoms with Crippen LogP contribution in [0.25, 0.3) is 0 Å². The van der Waals surface area contributed by atoms with Gasteiger partial charge in [-0.1, -0.05) is 30.3 Å². The second-order valence-electron chi connectivity index (χ2n) is 7.76. The lowest BCUT2D eigenvalue weighted by Crippen LogP contribution is -2.20. The van der Waals surface area contributed by atoms with Gasteiger partial charge in [-0.05, 0) is 88.9 Å². The highest BCUT2D eigenvalue weighted by Crippen LogP contribution is 2.31. The van der Waals surface area contributed by atoms with Gasteiger partial charge in [0, 0.05) is 17.6 Å². The number of rotatable bonds is 6. The maximum atomic E-state index is 13.0. The summed E-state index contributed by atoms with van der Waals surface area (Å²) in [6.45, 7) is 2.40. The highest BCUT2D eigenvalue weighted by Gasteiger charge is 2.19. The van der Waals surface area contributed by atoms with Crippen molar-refractivity contribution in [2.24, 2.45) is 0 Å². The van der Waals surface area contributed by atoms with E-state index in [1.54, 1.807) is 24.3 Å². The summed E-state index contributed by atoms with van der Waals surface area (Å²) >= 11 is 3.54. The summed E-state index contributed by atoms with van der Waals surface area (Å²) in [5.74, 6) is 0.623. The predicted molar refractivity (Wildman–Crippen MR) is 134 cm³/mol. The standard InChI is InChI=1S/C24H25BrN2O3S.ClH/c1-27-13-11-19-15-23(25)24(16-20(19)12-14-27)26-31(28,29)22-9-7-21(8-10-22)30-17-18-5-3-2-4-6-18;/h2-10,15-16,26H,11-14,17H2,1H3;1H. The normalized spacial score (nSPS) is 14.1. The summed E-state index contributed by atoms with van der Waals surface area (Å²) in [4.78, 5) is 2.49. The van der Waals surface area contributed by atoms with Crippen molar-refractivity contribution in [2.45, 2.75) is 24.3 Å². The van der Waals surface area contributed by atoms with E-state index in [1.165, 1.54) is 11.1 Å². The molecule has 0 spiro atoms. The fraction of sp³-hybridized carbons (Fsp3) is 0.250. The fourth-order valence-corrected chi connectivity index (χ4v) is 5.29. The molecule has 5 nitrogen and oxygen atoms in total. The van der Waals surface area contributed by atoms with E-state index in [1.807, 2.05) is 42.5 Å². The molecule has 0 unspecified atom stereocenters. The number of ether oxygens (including phenoxy) is 1. The number of hydrogen-bond donors (Lipinski definition) is 1.